The third kappa shape index (κ3) is 6.07. The normalized spacial score (nSPS) is 17.2. The number of nitrogens with one attached hydrogen (secondary N) is 1. The Morgan fingerprint density at radius 3 is 2.44 bits per heavy atom. The molecule has 5 nitrogen and oxygen atoms in total. The van der Waals surface area contributed by atoms with E-state index in [4.69, 9.17) is 5.73 Å². The topological polar surface area (TPSA) is 89.3 Å². The van der Waals surface area contributed by atoms with Gasteiger partial charge in [0.25, 0.3) is 0 Å². The second-order valence-corrected chi connectivity index (χ2v) is 7.33. The SMILES string of the molecule is CC(C)(N)CS(=O)(=O)CC(=O)NCC1CC1. The van der Waals surface area contributed by atoms with Gasteiger partial charge in [-0.15, -0.1) is 0 Å². The lowest BCUT2D eigenvalue weighted by atomic mass is 10.1. The third-order valence-corrected chi connectivity index (χ3v) is 4.11. The fourth-order valence-electron chi connectivity index (χ4n) is 1.45. The minimum atomic E-state index is -3.40. The molecule has 0 aliphatic heterocycles. The maximum Gasteiger partial charge on any atom is 0.235 e. The monoisotopic (exact) mass is 248 g/mol. The molecule has 94 valence electrons. The molecule has 0 saturated heterocycles. The summed E-state index contributed by atoms with van der Waals surface area (Å²) in [4.78, 5) is 11.3. The van der Waals surface area contributed by atoms with Crippen LogP contribution in [0.25, 0.3) is 0 Å². The van der Waals surface area contributed by atoms with Crippen molar-refractivity contribution < 1.29 is 13.2 Å². The molecule has 1 aliphatic carbocycles. The summed E-state index contributed by atoms with van der Waals surface area (Å²) in [5.41, 5.74) is 4.82. The first kappa shape index (κ1) is 13.4. The van der Waals surface area contributed by atoms with Crippen LogP contribution in [-0.2, 0) is 14.6 Å². The van der Waals surface area contributed by atoms with Crippen molar-refractivity contribution in [2.24, 2.45) is 11.7 Å². The molecule has 0 aromatic heterocycles. The molecule has 1 rings (SSSR count). The van der Waals surface area contributed by atoms with E-state index in [1.165, 1.54) is 0 Å². The van der Waals surface area contributed by atoms with Crippen LogP contribution >= 0.6 is 0 Å². The summed E-state index contributed by atoms with van der Waals surface area (Å²) >= 11 is 0. The fraction of sp³-hybridized carbons (Fsp3) is 0.900. The number of hydrogen-bond donors (Lipinski definition) is 2. The van der Waals surface area contributed by atoms with Gasteiger partial charge in [-0.1, -0.05) is 0 Å². The molecule has 3 N–H and O–H groups in total. The first-order chi connectivity index (χ1) is 7.18. The first-order valence-electron chi connectivity index (χ1n) is 5.44. The van der Waals surface area contributed by atoms with E-state index in [0.29, 0.717) is 12.5 Å². The zero-order chi connectivity index (χ0) is 12.4. The van der Waals surface area contributed by atoms with E-state index in [0.717, 1.165) is 12.8 Å². The van der Waals surface area contributed by atoms with Crippen molar-refractivity contribution in [2.45, 2.75) is 32.2 Å². The second kappa shape index (κ2) is 4.71. The smallest absolute Gasteiger partial charge is 0.235 e. The molecule has 6 heteroatoms. The average Bonchev–Trinajstić information content (AvgIpc) is 2.76. The molecule has 1 fully saturated rings. The number of carbonyl (C=O) groups excluding carboxylic acids is 1. The molecule has 0 heterocycles. The number of carbonyl (C=O) groups is 1. The van der Waals surface area contributed by atoms with Gasteiger partial charge in [0, 0.05) is 12.1 Å². The van der Waals surface area contributed by atoms with E-state index in [1.807, 2.05) is 0 Å². The maximum atomic E-state index is 11.6. The number of hydrogen-bond acceptors (Lipinski definition) is 4. The molecule has 0 unspecified atom stereocenters. The molecule has 0 atom stereocenters. The zero-order valence-corrected chi connectivity index (χ0v) is 10.6. The summed E-state index contributed by atoms with van der Waals surface area (Å²) in [5.74, 6) is -0.495. The van der Waals surface area contributed by atoms with Gasteiger partial charge >= 0.3 is 0 Å². The van der Waals surface area contributed by atoms with Gasteiger partial charge in [0.2, 0.25) is 5.91 Å². The summed E-state index contributed by atoms with van der Waals surface area (Å²) in [7, 11) is -3.40. The lowest BCUT2D eigenvalue weighted by Gasteiger charge is -2.17. The minimum absolute atomic E-state index is 0.170. The van der Waals surface area contributed by atoms with Gasteiger partial charge < -0.3 is 11.1 Å². The molecule has 0 bridgehead atoms. The predicted molar refractivity (Wildman–Crippen MR) is 62.7 cm³/mol. The van der Waals surface area contributed by atoms with Crippen molar-refractivity contribution in [1.82, 2.24) is 5.32 Å². The van der Waals surface area contributed by atoms with Gasteiger partial charge in [0.05, 0.1) is 5.75 Å². The fourth-order valence-corrected chi connectivity index (χ4v) is 3.19. The van der Waals surface area contributed by atoms with Gasteiger partial charge in [-0.2, -0.15) is 0 Å². The molecule has 0 radical (unpaired) electrons. The quantitative estimate of drug-likeness (QED) is 0.673. The van der Waals surface area contributed by atoms with Crippen molar-refractivity contribution in [2.75, 3.05) is 18.1 Å². The summed E-state index contributed by atoms with van der Waals surface area (Å²) in [6.45, 7) is 3.86. The highest BCUT2D eigenvalue weighted by molar-refractivity contribution is 7.92. The first-order valence-corrected chi connectivity index (χ1v) is 7.26. The molecule has 1 aliphatic rings. The van der Waals surface area contributed by atoms with E-state index in [9.17, 15) is 13.2 Å². The van der Waals surface area contributed by atoms with Crippen LogP contribution in [0.15, 0.2) is 0 Å². The molecule has 16 heavy (non-hydrogen) atoms. The van der Waals surface area contributed by atoms with Crippen LogP contribution in [0.3, 0.4) is 0 Å². The Morgan fingerprint density at radius 2 is 2.00 bits per heavy atom. The highest BCUT2D eigenvalue weighted by atomic mass is 32.2. The van der Waals surface area contributed by atoms with Gasteiger partial charge in [-0.25, -0.2) is 8.42 Å². The number of sulfone groups is 1. The molecule has 0 aromatic rings. The van der Waals surface area contributed by atoms with E-state index >= 15 is 0 Å². The summed E-state index contributed by atoms with van der Waals surface area (Å²) in [5, 5.41) is 2.63. The molecular weight excluding hydrogens is 228 g/mol. The summed E-state index contributed by atoms with van der Waals surface area (Å²) < 4.78 is 23.2. The van der Waals surface area contributed by atoms with Crippen LogP contribution < -0.4 is 11.1 Å². The van der Waals surface area contributed by atoms with E-state index in [-0.39, 0.29) is 5.75 Å². The van der Waals surface area contributed by atoms with Crippen LogP contribution in [0.2, 0.25) is 0 Å². The highest BCUT2D eigenvalue weighted by Gasteiger charge is 2.26. The average molecular weight is 248 g/mol. The lowest BCUT2D eigenvalue weighted by Crippen LogP contribution is -2.43. The van der Waals surface area contributed by atoms with Gasteiger partial charge in [0.1, 0.15) is 5.75 Å². The Kier molecular flexibility index (Phi) is 3.96. The van der Waals surface area contributed by atoms with Crippen molar-refractivity contribution in [3.63, 3.8) is 0 Å². The molecule has 1 saturated carbocycles. The Labute approximate surface area is 96.7 Å². The molecule has 0 spiro atoms. The number of rotatable bonds is 6. The van der Waals surface area contributed by atoms with Crippen LogP contribution in [0, 0.1) is 5.92 Å². The molecule has 0 aromatic carbocycles. The molecular formula is C10H20N2O3S. The van der Waals surface area contributed by atoms with Gasteiger partial charge in [-0.05, 0) is 32.6 Å². The standard InChI is InChI=1S/C10H20N2O3S/c1-10(2,11)7-16(14,15)6-9(13)12-5-8-3-4-8/h8H,3-7,11H2,1-2H3,(H,12,13). The van der Waals surface area contributed by atoms with Crippen molar-refractivity contribution >= 4 is 15.7 Å². The predicted octanol–water partition coefficient (Wildman–Crippen LogP) is -0.335. The largest absolute Gasteiger partial charge is 0.355 e. The molecule has 1 amide bonds. The van der Waals surface area contributed by atoms with E-state index < -0.39 is 27.0 Å². The Balaban J connectivity index is 2.35. The Hall–Kier alpha value is -0.620. The van der Waals surface area contributed by atoms with Crippen LogP contribution in [0.4, 0.5) is 0 Å². The Morgan fingerprint density at radius 1 is 1.44 bits per heavy atom. The zero-order valence-electron chi connectivity index (χ0n) is 9.82. The van der Waals surface area contributed by atoms with E-state index in [2.05, 4.69) is 5.32 Å². The number of amides is 1. The minimum Gasteiger partial charge on any atom is -0.355 e. The lowest BCUT2D eigenvalue weighted by molar-refractivity contribution is -0.118. The third-order valence-electron chi connectivity index (χ3n) is 2.23. The van der Waals surface area contributed by atoms with Crippen LogP contribution in [-0.4, -0.2) is 37.9 Å². The summed E-state index contributed by atoms with van der Waals surface area (Å²) in [6, 6.07) is 0. The van der Waals surface area contributed by atoms with Crippen molar-refractivity contribution in [1.29, 1.82) is 0 Å². The summed E-state index contributed by atoms with van der Waals surface area (Å²) in [6.07, 6.45) is 2.26. The number of nitrogens with two attached hydrogens (primary N) is 1. The van der Waals surface area contributed by atoms with Crippen LogP contribution in [0.5, 0.6) is 0 Å². The van der Waals surface area contributed by atoms with Gasteiger partial charge in [-0.3, -0.25) is 4.79 Å². The van der Waals surface area contributed by atoms with E-state index in [1.54, 1.807) is 13.8 Å². The Bertz CT molecular complexity index is 353. The van der Waals surface area contributed by atoms with Crippen molar-refractivity contribution in [3.8, 4) is 0 Å². The second-order valence-electron chi connectivity index (χ2n) is 5.27. The van der Waals surface area contributed by atoms with Crippen LogP contribution in [0.1, 0.15) is 26.7 Å². The van der Waals surface area contributed by atoms with Crippen molar-refractivity contribution in [3.05, 3.63) is 0 Å². The maximum absolute atomic E-state index is 11.6. The highest BCUT2D eigenvalue weighted by Crippen LogP contribution is 2.27. The van der Waals surface area contributed by atoms with Gasteiger partial charge in [0.15, 0.2) is 9.84 Å².